The third kappa shape index (κ3) is 2.17. The van der Waals surface area contributed by atoms with E-state index >= 15 is 0 Å². The molecule has 3 aromatic rings. The molecule has 0 bridgehead atoms. The Bertz CT molecular complexity index is 891. The standard InChI is InChI=1S/C13H8BrIN2O2S/c14-10-6-7-16-13-12(10)11(15)8-17(13)20(18,19)9-4-2-1-3-5-9/h1-8H. The molecule has 0 N–H and O–H groups in total. The Balaban J connectivity index is 2.34. The van der Waals surface area contributed by atoms with Gasteiger partial charge in [-0.3, -0.25) is 0 Å². The van der Waals surface area contributed by atoms with Gasteiger partial charge in [-0.2, -0.15) is 0 Å². The molecule has 1 aromatic carbocycles. The van der Waals surface area contributed by atoms with Gasteiger partial charge in [0.05, 0.1) is 4.90 Å². The van der Waals surface area contributed by atoms with Crippen molar-refractivity contribution < 1.29 is 8.42 Å². The molecule has 0 saturated carbocycles. The highest BCUT2D eigenvalue weighted by Crippen LogP contribution is 2.30. The Labute approximate surface area is 138 Å². The van der Waals surface area contributed by atoms with E-state index < -0.39 is 10.0 Å². The minimum absolute atomic E-state index is 0.245. The minimum atomic E-state index is -3.63. The molecule has 0 fully saturated rings. The van der Waals surface area contributed by atoms with Gasteiger partial charge in [0, 0.05) is 25.8 Å². The predicted octanol–water partition coefficient (Wildman–Crippen LogP) is 3.64. The van der Waals surface area contributed by atoms with E-state index in [4.69, 9.17) is 0 Å². The van der Waals surface area contributed by atoms with Crippen LogP contribution in [0, 0.1) is 3.57 Å². The second kappa shape index (κ2) is 5.12. The van der Waals surface area contributed by atoms with Crippen LogP contribution in [0.1, 0.15) is 0 Å². The van der Waals surface area contributed by atoms with Crippen molar-refractivity contribution in [3.05, 3.63) is 56.8 Å². The largest absolute Gasteiger partial charge is 0.269 e. The van der Waals surface area contributed by atoms with Gasteiger partial charge in [-0.05, 0) is 56.7 Å². The molecule has 2 aromatic heterocycles. The molecule has 0 radical (unpaired) electrons. The number of hydrogen-bond acceptors (Lipinski definition) is 3. The third-order valence-electron chi connectivity index (χ3n) is 2.86. The molecule has 0 spiro atoms. The van der Waals surface area contributed by atoms with Crippen LogP contribution in [0.15, 0.2) is 58.2 Å². The maximum Gasteiger partial charge on any atom is 0.269 e. The molecule has 20 heavy (non-hydrogen) atoms. The van der Waals surface area contributed by atoms with Crippen LogP contribution in [0.25, 0.3) is 11.0 Å². The van der Waals surface area contributed by atoms with Crippen molar-refractivity contribution in [2.24, 2.45) is 0 Å². The number of benzene rings is 1. The fraction of sp³-hybridized carbons (Fsp3) is 0. The van der Waals surface area contributed by atoms with Crippen LogP contribution in [-0.2, 0) is 10.0 Å². The summed E-state index contributed by atoms with van der Waals surface area (Å²) in [6.07, 6.45) is 3.17. The molecule has 0 unspecified atom stereocenters. The van der Waals surface area contributed by atoms with Crippen molar-refractivity contribution in [1.82, 2.24) is 8.96 Å². The molecule has 102 valence electrons. The predicted molar refractivity (Wildman–Crippen MR) is 89.2 cm³/mol. The van der Waals surface area contributed by atoms with Crippen molar-refractivity contribution in [3.63, 3.8) is 0 Å². The molecule has 2 heterocycles. The highest BCUT2D eigenvalue weighted by Gasteiger charge is 2.22. The van der Waals surface area contributed by atoms with E-state index in [2.05, 4.69) is 43.5 Å². The van der Waals surface area contributed by atoms with E-state index in [1.807, 2.05) is 0 Å². The van der Waals surface area contributed by atoms with Crippen molar-refractivity contribution in [2.75, 3.05) is 0 Å². The first-order valence-electron chi connectivity index (χ1n) is 5.63. The first kappa shape index (κ1) is 14.0. The molecule has 0 atom stereocenters. The number of hydrogen-bond donors (Lipinski definition) is 0. The van der Waals surface area contributed by atoms with E-state index in [9.17, 15) is 8.42 Å². The van der Waals surface area contributed by atoms with E-state index in [0.717, 1.165) is 13.4 Å². The smallest absolute Gasteiger partial charge is 0.237 e. The van der Waals surface area contributed by atoms with Crippen LogP contribution in [0.4, 0.5) is 0 Å². The zero-order chi connectivity index (χ0) is 14.3. The normalized spacial score (nSPS) is 11.9. The highest BCUT2D eigenvalue weighted by atomic mass is 127. The van der Waals surface area contributed by atoms with Crippen LogP contribution in [-0.4, -0.2) is 17.4 Å². The van der Waals surface area contributed by atoms with Crippen molar-refractivity contribution in [1.29, 1.82) is 0 Å². The van der Waals surface area contributed by atoms with Crippen molar-refractivity contribution in [3.8, 4) is 0 Å². The van der Waals surface area contributed by atoms with Crippen LogP contribution < -0.4 is 0 Å². The van der Waals surface area contributed by atoms with Gasteiger partial charge < -0.3 is 0 Å². The Kier molecular flexibility index (Phi) is 3.59. The Morgan fingerprint density at radius 3 is 2.55 bits per heavy atom. The fourth-order valence-corrected chi connectivity index (χ4v) is 5.15. The summed E-state index contributed by atoms with van der Waals surface area (Å²) in [4.78, 5) is 4.45. The summed E-state index contributed by atoms with van der Waals surface area (Å²) in [6, 6.07) is 10.1. The van der Waals surface area contributed by atoms with Crippen LogP contribution in [0.5, 0.6) is 0 Å². The molecule has 0 amide bonds. The maximum atomic E-state index is 12.7. The number of pyridine rings is 1. The number of aromatic nitrogens is 2. The van der Waals surface area contributed by atoms with E-state index in [-0.39, 0.29) is 4.90 Å². The number of rotatable bonds is 2. The van der Waals surface area contributed by atoms with Gasteiger partial charge in [-0.1, -0.05) is 18.2 Å². The third-order valence-corrected chi connectivity index (χ3v) is 6.00. The fourth-order valence-electron chi connectivity index (χ4n) is 1.93. The average Bonchev–Trinajstić information content (AvgIpc) is 2.79. The summed E-state index contributed by atoms with van der Waals surface area (Å²) in [5, 5.41) is 0.799. The van der Waals surface area contributed by atoms with Gasteiger partial charge in [0.2, 0.25) is 0 Å². The topological polar surface area (TPSA) is 52.0 Å². The number of nitrogens with zero attached hydrogens (tertiary/aromatic N) is 2. The molecular formula is C13H8BrIN2O2S. The van der Waals surface area contributed by atoms with E-state index in [1.54, 1.807) is 48.8 Å². The van der Waals surface area contributed by atoms with Crippen molar-refractivity contribution in [2.45, 2.75) is 4.90 Å². The van der Waals surface area contributed by atoms with Gasteiger partial charge in [-0.15, -0.1) is 0 Å². The lowest BCUT2D eigenvalue weighted by molar-refractivity contribution is 0.588. The summed E-state index contributed by atoms with van der Waals surface area (Å²) in [5.41, 5.74) is 0.424. The summed E-state index contributed by atoms with van der Waals surface area (Å²) in [6.45, 7) is 0. The molecule has 0 aliphatic rings. The van der Waals surface area contributed by atoms with Gasteiger partial charge in [-0.25, -0.2) is 17.4 Å². The van der Waals surface area contributed by atoms with E-state index in [1.165, 1.54) is 3.97 Å². The summed E-state index contributed by atoms with van der Waals surface area (Å²) in [7, 11) is -3.63. The molecule has 4 nitrogen and oxygen atoms in total. The summed E-state index contributed by atoms with van der Waals surface area (Å²) < 4.78 is 28.2. The zero-order valence-electron chi connectivity index (χ0n) is 9.99. The lowest BCUT2D eigenvalue weighted by Crippen LogP contribution is -2.12. The van der Waals surface area contributed by atoms with Gasteiger partial charge in [0.1, 0.15) is 0 Å². The van der Waals surface area contributed by atoms with Gasteiger partial charge in [0.25, 0.3) is 10.0 Å². The second-order valence-corrected chi connectivity index (χ2v) is 7.91. The van der Waals surface area contributed by atoms with Gasteiger partial charge >= 0.3 is 0 Å². The zero-order valence-corrected chi connectivity index (χ0v) is 14.6. The first-order valence-corrected chi connectivity index (χ1v) is 8.94. The van der Waals surface area contributed by atoms with E-state index in [0.29, 0.717) is 5.65 Å². The molecule has 0 aliphatic heterocycles. The minimum Gasteiger partial charge on any atom is -0.237 e. The maximum absolute atomic E-state index is 12.7. The quantitative estimate of drug-likeness (QED) is 0.546. The Morgan fingerprint density at radius 1 is 1.15 bits per heavy atom. The second-order valence-electron chi connectivity index (χ2n) is 4.08. The Hall–Kier alpha value is -0.930. The Morgan fingerprint density at radius 2 is 1.85 bits per heavy atom. The molecule has 7 heteroatoms. The average molecular weight is 463 g/mol. The number of fused-ring (bicyclic) bond motifs is 1. The van der Waals surface area contributed by atoms with Gasteiger partial charge in [0.15, 0.2) is 5.65 Å². The molecule has 0 aliphatic carbocycles. The van der Waals surface area contributed by atoms with Crippen LogP contribution in [0.2, 0.25) is 0 Å². The molecule has 0 saturated heterocycles. The monoisotopic (exact) mass is 462 g/mol. The lowest BCUT2D eigenvalue weighted by atomic mass is 10.3. The molecular weight excluding hydrogens is 455 g/mol. The molecule has 3 rings (SSSR count). The first-order chi connectivity index (χ1) is 9.51. The SMILES string of the molecule is O=S(=O)(c1ccccc1)n1cc(I)c2c(Br)ccnc21. The van der Waals surface area contributed by atoms with Crippen LogP contribution >= 0.6 is 38.5 Å². The van der Waals surface area contributed by atoms with Crippen molar-refractivity contribution >= 4 is 59.6 Å². The summed E-state index contributed by atoms with van der Waals surface area (Å²) in [5.74, 6) is 0. The lowest BCUT2D eigenvalue weighted by Gasteiger charge is -2.06. The number of halogens is 2. The highest BCUT2D eigenvalue weighted by molar-refractivity contribution is 14.1. The summed E-state index contributed by atoms with van der Waals surface area (Å²) >= 11 is 5.54. The van der Waals surface area contributed by atoms with Crippen LogP contribution in [0.3, 0.4) is 0 Å².